The lowest BCUT2D eigenvalue weighted by Crippen LogP contribution is -2.37. The first-order valence-electron chi connectivity index (χ1n) is 7.95. The summed E-state index contributed by atoms with van der Waals surface area (Å²) >= 11 is 5.89. The fourth-order valence-electron chi connectivity index (χ4n) is 3.07. The monoisotopic (exact) mass is 337 g/mol. The number of fused-ring (bicyclic) bond motifs is 2. The number of hydrogen-bond acceptors (Lipinski definition) is 3. The minimum Gasteiger partial charge on any atom is -0.338 e. The van der Waals surface area contributed by atoms with Crippen molar-refractivity contribution in [3.05, 3.63) is 70.5 Å². The molecule has 1 aromatic carbocycles. The molecule has 0 saturated heterocycles. The van der Waals surface area contributed by atoms with Crippen molar-refractivity contribution in [1.29, 1.82) is 0 Å². The fraction of sp³-hybridized carbons (Fsp3) is 0.211. The molecule has 1 aliphatic heterocycles. The number of hydrogen-bond donors (Lipinski definition) is 0. The van der Waals surface area contributed by atoms with E-state index in [9.17, 15) is 4.79 Å². The maximum absolute atomic E-state index is 12.6. The number of carbonyl (C=O) groups is 1. The van der Waals surface area contributed by atoms with Crippen LogP contribution >= 0.6 is 11.6 Å². The Morgan fingerprint density at radius 2 is 2.04 bits per heavy atom. The molecule has 1 amide bonds. The third kappa shape index (κ3) is 2.97. The van der Waals surface area contributed by atoms with Gasteiger partial charge >= 0.3 is 0 Å². The molecule has 5 heteroatoms. The van der Waals surface area contributed by atoms with Gasteiger partial charge in [0.2, 0.25) is 5.91 Å². The van der Waals surface area contributed by atoms with Gasteiger partial charge in [-0.05, 0) is 41.5 Å². The summed E-state index contributed by atoms with van der Waals surface area (Å²) in [6.45, 7) is 1.31. The van der Waals surface area contributed by atoms with Gasteiger partial charge in [-0.2, -0.15) is 0 Å². The van der Waals surface area contributed by atoms with E-state index in [0.717, 1.165) is 34.3 Å². The molecule has 3 heterocycles. The lowest BCUT2D eigenvalue weighted by Gasteiger charge is -2.28. The van der Waals surface area contributed by atoms with Crippen LogP contribution in [0.4, 0.5) is 0 Å². The summed E-state index contributed by atoms with van der Waals surface area (Å²) in [4.78, 5) is 23.4. The topological polar surface area (TPSA) is 46.1 Å². The van der Waals surface area contributed by atoms with Gasteiger partial charge in [0.05, 0.1) is 6.42 Å². The van der Waals surface area contributed by atoms with Crippen LogP contribution in [0.5, 0.6) is 0 Å². The minimum absolute atomic E-state index is 0.134. The Kier molecular flexibility index (Phi) is 3.90. The van der Waals surface area contributed by atoms with Gasteiger partial charge in [0, 0.05) is 41.8 Å². The Morgan fingerprint density at radius 3 is 2.88 bits per heavy atom. The van der Waals surface area contributed by atoms with Gasteiger partial charge in [0.25, 0.3) is 0 Å². The van der Waals surface area contributed by atoms with E-state index in [1.165, 1.54) is 0 Å². The maximum Gasteiger partial charge on any atom is 0.227 e. The highest BCUT2D eigenvalue weighted by Gasteiger charge is 2.22. The maximum atomic E-state index is 12.6. The zero-order valence-corrected chi connectivity index (χ0v) is 13.8. The van der Waals surface area contributed by atoms with Crippen LogP contribution in [0.1, 0.15) is 16.8 Å². The van der Waals surface area contributed by atoms with Crippen LogP contribution in [-0.2, 0) is 24.2 Å². The van der Waals surface area contributed by atoms with Gasteiger partial charge in [-0.25, -0.2) is 9.97 Å². The van der Waals surface area contributed by atoms with Crippen LogP contribution in [0.25, 0.3) is 11.0 Å². The summed E-state index contributed by atoms with van der Waals surface area (Å²) in [6, 6.07) is 13.5. The predicted molar refractivity (Wildman–Crippen MR) is 93.8 cm³/mol. The molecule has 0 saturated carbocycles. The van der Waals surface area contributed by atoms with Crippen molar-refractivity contribution in [2.75, 3.05) is 6.54 Å². The number of aromatic nitrogens is 2. The Hall–Kier alpha value is -2.46. The van der Waals surface area contributed by atoms with E-state index in [-0.39, 0.29) is 5.91 Å². The van der Waals surface area contributed by atoms with Gasteiger partial charge in [-0.3, -0.25) is 4.79 Å². The largest absolute Gasteiger partial charge is 0.338 e. The summed E-state index contributed by atoms with van der Waals surface area (Å²) in [5.41, 5.74) is 3.93. The van der Waals surface area contributed by atoms with Crippen molar-refractivity contribution >= 4 is 28.5 Å². The first kappa shape index (κ1) is 15.1. The fourth-order valence-corrected chi connectivity index (χ4v) is 3.19. The molecule has 0 bridgehead atoms. The van der Waals surface area contributed by atoms with Crippen molar-refractivity contribution in [3.8, 4) is 0 Å². The lowest BCUT2D eigenvalue weighted by molar-refractivity contribution is -0.131. The highest BCUT2D eigenvalue weighted by molar-refractivity contribution is 6.30. The number of amides is 1. The van der Waals surface area contributed by atoms with Crippen LogP contribution < -0.4 is 0 Å². The van der Waals surface area contributed by atoms with Gasteiger partial charge in [0.1, 0.15) is 0 Å². The molecule has 4 nitrogen and oxygen atoms in total. The van der Waals surface area contributed by atoms with Crippen molar-refractivity contribution in [3.63, 3.8) is 0 Å². The molecular formula is C19H16ClN3O. The third-order valence-electron chi connectivity index (χ3n) is 4.36. The Morgan fingerprint density at radius 1 is 1.21 bits per heavy atom. The molecule has 24 heavy (non-hydrogen) atoms. The van der Waals surface area contributed by atoms with Crippen LogP contribution in [0.15, 0.2) is 48.7 Å². The summed E-state index contributed by atoms with van der Waals surface area (Å²) in [6.07, 6.45) is 2.93. The van der Waals surface area contributed by atoms with Crippen molar-refractivity contribution in [1.82, 2.24) is 14.9 Å². The van der Waals surface area contributed by atoms with Crippen LogP contribution in [0.3, 0.4) is 0 Å². The van der Waals surface area contributed by atoms with Gasteiger partial charge < -0.3 is 4.90 Å². The minimum atomic E-state index is 0.134. The van der Waals surface area contributed by atoms with Crippen LogP contribution in [0.2, 0.25) is 5.02 Å². The quantitative estimate of drug-likeness (QED) is 0.720. The first-order chi connectivity index (χ1) is 11.7. The molecule has 0 radical (unpaired) electrons. The molecular weight excluding hydrogens is 322 g/mol. The number of carbonyl (C=O) groups excluding carboxylic acids is 1. The molecule has 0 N–H and O–H groups in total. The zero-order valence-electron chi connectivity index (χ0n) is 13.1. The standard InChI is InChI=1S/C19H16ClN3O/c20-16-5-3-13(4-6-16)10-18(24)23-9-7-17-15(12-23)11-14-2-1-8-21-19(14)22-17/h1-6,8,11H,7,9-10,12H2. The molecule has 3 aromatic rings. The Labute approximate surface area is 145 Å². The SMILES string of the molecule is O=C(Cc1ccc(Cl)cc1)N1CCc2nc3ncccc3cc2C1. The number of halogens is 1. The number of rotatable bonds is 2. The van der Waals surface area contributed by atoms with E-state index < -0.39 is 0 Å². The average molecular weight is 338 g/mol. The molecule has 0 aliphatic carbocycles. The van der Waals surface area contributed by atoms with Gasteiger partial charge in [-0.1, -0.05) is 23.7 Å². The van der Waals surface area contributed by atoms with E-state index >= 15 is 0 Å². The molecule has 0 spiro atoms. The molecule has 120 valence electrons. The van der Waals surface area contributed by atoms with Crippen molar-refractivity contribution in [2.24, 2.45) is 0 Å². The second-order valence-corrected chi connectivity index (χ2v) is 6.45. The normalized spacial score (nSPS) is 13.8. The summed E-state index contributed by atoms with van der Waals surface area (Å²) < 4.78 is 0. The Bertz CT molecular complexity index is 908. The molecule has 0 unspecified atom stereocenters. The van der Waals surface area contributed by atoms with Gasteiger partial charge in [0.15, 0.2) is 5.65 Å². The van der Waals surface area contributed by atoms with E-state index in [2.05, 4.69) is 16.0 Å². The van der Waals surface area contributed by atoms with Gasteiger partial charge in [-0.15, -0.1) is 0 Å². The van der Waals surface area contributed by atoms with Crippen LogP contribution in [-0.4, -0.2) is 27.3 Å². The molecule has 2 aromatic heterocycles. The molecule has 0 fully saturated rings. The number of nitrogens with zero attached hydrogens (tertiary/aromatic N) is 3. The highest BCUT2D eigenvalue weighted by atomic mass is 35.5. The summed E-state index contributed by atoms with van der Waals surface area (Å²) in [7, 11) is 0. The van der Waals surface area contributed by atoms with Crippen molar-refractivity contribution < 1.29 is 4.79 Å². The molecule has 0 atom stereocenters. The van der Waals surface area contributed by atoms with E-state index in [0.29, 0.717) is 24.5 Å². The second kappa shape index (κ2) is 6.21. The smallest absolute Gasteiger partial charge is 0.227 e. The molecule has 4 rings (SSSR count). The van der Waals surface area contributed by atoms with Crippen molar-refractivity contribution in [2.45, 2.75) is 19.4 Å². The van der Waals surface area contributed by atoms with E-state index in [1.54, 1.807) is 6.20 Å². The summed E-state index contributed by atoms with van der Waals surface area (Å²) in [5, 5.41) is 1.70. The Balaban J connectivity index is 1.53. The van der Waals surface area contributed by atoms with E-state index in [1.807, 2.05) is 41.3 Å². The predicted octanol–water partition coefficient (Wildman–Crippen LogP) is 3.41. The number of benzene rings is 1. The average Bonchev–Trinajstić information content (AvgIpc) is 2.61. The summed E-state index contributed by atoms with van der Waals surface area (Å²) in [5.74, 6) is 0.134. The third-order valence-corrected chi connectivity index (χ3v) is 4.61. The highest BCUT2D eigenvalue weighted by Crippen LogP contribution is 2.22. The second-order valence-electron chi connectivity index (χ2n) is 6.01. The van der Waals surface area contributed by atoms with Crippen LogP contribution in [0, 0.1) is 0 Å². The molecule has 1 aliphatic rings. The zero-order chi connectivity index (χ0) is 16.5. The number of pyridine rings is 2. The first-order valence-corrected chi connectivity index (χ1v) is 8.32. The van der Waals surface area contributed by atoms with E-state index in [4.69, 9.17) is 11.6 Å². The lowest BCUT2D eigenvalue weighted by atomic mass is 10.0.